The molecule has 0 saturated carbocycles. The fourth-order valence-electron chi connectivity index (χ4n) is 1.94. The highest BCUT2D eigenvalue weighted by Gasteiger charge is 2.20. The number of nitro groups is 2. The summed E-state index contributed by atoms with van der Waals surface area (Å²) in [6.07, 6.45) is 1.92. The highest BCUT2D eigenvalue weighted by molar-refractivity contribution is 5.65. The van der Waals surface area contributed by atoms with Crippen molar-refractivity contribution in [3.05, 3.63) is 38.4 Å². The Balaban J connectivity index is 2.64. The number of nitrogens with one attached hydrogen (secondary N) is 2. The Morgan fingerprint density at radius 3 is 2.55 bits per heavy atom. The molecule has 1 atom stereocenters. The summed E-state index contributed by atoms with van der Waals surface area (Å²) in [5.41, 5.74) is 5.07. The van der Waals surface area contributed by atoms with Crippen molar-refractivity contribution in [2.24, 2.45) is 5.73 Å². The zero-order valence-corrected chi connectivity index (χ0v) is 12.4. The van der Waals surface area contributed by atoms with Crippen molar-refractivity contribution in [1.29, 1.82) is 0 Å². The van der Waals surface area contributed by atoms with E-state index < -0.39 is 9.85 Å². The van der Waals surface area contributed by atoms with E-state index in [4.69, 9.17) is 5.73 Å². The summed E-state index contributed by atoms with van der Waals surface area (Å²) in [7, 11) is 0. The van der Waals surface area contributed by atoms with Crippen molar-refractivity contribution < 1.29 is 9.85 Å². The van der Waals surface area contributed by atoms with Gasteiger partial charge in [0, 0.05) is 18.7 Å². The van der Waals surface area contributed by atoms with Gasteiger partial charge in [-0.3, -0.25) is 20.2 Å². The van der Waals surface area contributed by atoms with E-state index in [2.05, 4.69) is 10.6 Å². The molecular formula is C13H21N5O4. The number of anilines is 1. The zero-order valence-electron chi connectivity index (χ0n) is 12.4. The summed E-state index contributed by atoms with van der Waals surface area (Å²) >= 11 is 0. The largest absolute Gasteiger partial charge is 0.376 e. The van der Waals surface area contributed by atoms with Gasteiger partial charge in [0.1, 0.15) is 5.69 Å². The average molecular weight is 311 g/mol. The molecule has 122 valence electrons. The highest BCUT2D eigenvalue weighted by Crippen LogP contribution is 2.29. The molecule has 9 heteroatoms. The first-order chi connectivity index (χ1) is 10.5. The molecule has 1 rings (SSSR count). The second-order valence-electron chi connectivity index (χ2n) is 4.96. The number of hydrogen-bond acceptors (Lipinski definition) is 7. The number of unbranched alkanes of at least 4 members (excludes halogenated alkanes) is 1. The number of rotatable bonds is 10. The third-order valence-electron chi connectivity index (χ3n) is 3.05. The summed E-state index contributed by atoms with van der Waals surface area (Å²) in [6, 6.07) is 3.51. The van der Waals surface area contributed by atoms with Crippen molar-refractivity contribution in [2.45, 2.75) is 25.8 Å². The summed E-state index contributed by atoms with van der Waals surface area (Å²) in [4.78, 5) is 20.4. The van der Waals surface area contributed by atoms with Gasteiger partial charge in [0.05, 0.1) is 15.9 Å². The second-order valence-corrected chi connectivity index (χ2v) is 4.96. The molecule has 0 heterocycles. The van der Waals surface area contributed by atoms with E-state index in [1.54, 1.807) is 0 Å². The van der Waals surface area contributed by atoms with Gasteiger partial charge in [0.15, 0.2) is 0 Å². The van der Waals surface area contributed by atoms with Gasteiger partial charge in [0.2, 0.25) is 0 Å². The van der Waals surface area contributed by atoms with Crippen LogP contribution in [0.2, 0.25) is 0 Å². The van der Waals surface area contributed by atoms with Crippen LogP contribution in [0.4, 0.5) is 17.1 Å². The fraction of sp³-hybridized carbons (Fsp3) is 0.538. The number of nitrogens with two attached hydrogens (primary N) is 1. The summed E-state index contributed by atoms with van der Waals surface area (Å²) < 4.78 is 0. The predicted octanol–water partition coefficient (Wildman–Crippen LogP) is 1.63. The smallest absolute Gasteiger partial charge is 0.299 e. The Labute approximate surface area is 128 Å². The minimum Gasteiger partial charge on any atom is -0.376 e. The van der Waals surface area contributed by atoms with Crippen LogP contribution in [-0.2, 0) is 0 Å². The molecule has 0 aliphatic heterocycles. The lowest BCUT2D eigenvalue weighted by molar-refractivity contribution is -0.393. The number of nitrogens with zero attached hydrogens (tertiary/aromatic N) is 2. The number of hydrogen-bond donors (Lipinski definition) is 3. The minimum atomic E-state index is -0.654. The van der Waals surface area contributed by atoms with E-state index in [9.17, 15) is 20.2 Å². The third-order valence-corrected chi connectivity index (χ3v) is 3.05. The normalized spacial score (nSPS) is 11.9. The molecule has 0 amide bonds. The van der Waals surface area contributed by atoms with Crippen LogP contribution in [0.25, 0.3) is 0 Å². The molecule has 0 aliphatic carbocycles. The lowest BCUT2D eigenvalue weighted by atomic mass is 10.2. The molecule has 0 saturated heterocycles. The maximum atomic E-state index is 11.0. The Morgan fingerprint density at radius 1 is 1.23 bits per heavy atom. The van der Waals surface area contributed by atoms with Gasteiger partial charge in [-0.15, -0.1) is 0 Å². The van der Waals surface area contributed by atoms with Gasteiger partial charge in [-0.25, -0.2) is 0 Å². The summed E-state index contributed by atoms with van der Waals surface area (Å²) in [6.45, 7) is 3.98. The van der Waals surface area contributed by atoms with E-state index >= 15 is 0 Å². The van der Waals surface area contributed by atoms with Crippen LogP contribution in [0.3, 0.4) is 0 Å². The molecule has 0 radical (unpaired) electrons. The van der Waals surface area contributed by atoms with E-state index in [0.29, 0.717) is 13.1 Å². The SMILES string of the molecule is CC(CNCCCCN)Nc1ccc([N+](=O)[O-])cc1[N+](=O)[O-]. The Bertz CT molecular complexity index is 523. The first-order valence-electron chi connectivity index (χ1n) is 7.06. The van der Waals surface area contributed by atoms with Gasteiger partial charge in [0.25, 0.3) is 11.4 Å². The average Bonchev–Trinajstić information content (AvgIpc) is 2.47. The van der Waals surface area contributed by atoms with Crippen LogP contribution in [0.5, 0.6) is 0 Å². The molecule has 0 fully saturated rings. The number of non-ortho nitro benzene ring substituents is 1. The molecule has 1 aromatic rings. The van der Waals surface area contributed by atoms with E-state index in [-0.39, 0.29) is 23.1 Å². The van der Waals surface area contributed by atoms with Gasteiger partial charge >= 0.3 is 0 Å². The molecule has 4 N–H and O–H groups in total. The standard InChI is InChI=1S/C13H21N5O4/c1-10(9-15-7-3-2-6-14)16-12-5-4-11(17(19)20)8-13(12)18(21)22/h4-5,8,10,15-16H,2-3,6-7,9,14H2,1H3. The molecule has 0 aliphatic rings. The first kappa shape index (κ1) is 17.8. The van der Waals surface area contributed by atoms with Gasteiger partial charge < -0.3 is 16.4 Å². The van der Waals surface area contributed by atoms with Crippen LogP contribution in [0.1, 0.15) is 19.8 Å². The second kappa shape index (κ2) is 8.90. The van der Waals surface area contributed by atoms with Crippen molar-refractivity contribution in [3.63, 3.8) is 0 Å². The minimum absolute atomic E-state index is 0.0574. The fourth-order valence-corrected chi connectivity index (χ4v) is 1.94. The Morgan fingerprint density at radius 2 is 1.95 bits per heavy atom. The maximum absolute atomic E-state index is 11.0. The topological polar surface area (TPSA) is 136 Å². The number of benzene rings is 1. The lowest BCUT2D eigenvalue weighted by Crippen LogP contribution is -2.31. The van der Waals surface area contributed by atoms with Crippen molar-refractivity contribution in [1.82, 2.24) is 5.32 Å². The maximum Gasteiger partial charge on any atom is 0.299 e. The molecule has 22 heavy (non-hydrogen) atoms. The Hall–Kier alpha value is -2.26. The quantitative estimate of drug-likeness (QED) is 0.339. The molecule has 9 nitrogen and oxygen atoms in total. The van der Waals surface area contributed by atoms with Crippen LogP contribution < -0.4 is 16.4 Å². The molecule has 0 bridgehead atoms. The van der Waals surface area contributed by atoms with E-state index in [1.165, 1.54) is 12.1 Å². The Kier molecular flexibility index (Phi) is 7.20. The van der Waals surface area contributed by atoms with Crippen LogP contribution in [0.15, 0.2) is 18.2 Å². The van der Waals surface area contributed by atoms with Crippen LogP contribution >= 0.6 is 0 Å². The predicted molar refractivity (Wildman–Crippen MR) is 84.0 cm³/mol. The van der Waals surface area contributed by atoms with Crippen molar-refractivity contribution in [2.75, 3.05) is 25.0 Å². The highest BCUT2D eigenvalue weighted by atomic mass is 16.6. The summed E-state index contributed by atoms with van der Waals surface area (Å²) in [5, 5.41) is 27.9. The lowest BCUT2D eigenvalue weighted by Gasteiger charge is -2.16. The van der Waals surface area contributed by atoms with Crippen molar-refractivity contribution in [3.8, 4) is 0 Å². The van der Waals surface area contributed by atoms with Gasteiger partial charge in [-0.1, -0.05) is 0 Å². The van der Waals surface area contributed by atoms with E-state index in [0.717, 1.165) is 25.5 Å². The molecule has 0 spiro atoms. The van der Waals surface area contributed by atoms with Crippen molar-refractivity contribution >= 4 is 17.1 Å². The first-order valence-corrected chi connectivity index (χ1v) is 7.06. The zero-order chi connectivity index (χ0) is 16.5. The van der Waals surface area contributed by atoms with Gasteiger partial charge in [-0.2, -0.15) is 0 Å². The van der Waals surface area contributed by atoms with Crippen LogP contribution in [-0.4, -0.2) is 35.5 Å². The molecular weight excluding hydrogens is 290 g/mol. The van der Waals surface area contributed by atoms with Gasteiger partial charge in [-0.05, 0) is 38.9 Å². The number of nitro benzene ring substituents is 2. The monoisotopic (exact) mass is 311 g/mol. The van der Waals surface area contributed by atoms with E-state index in [1.807, 2.05) is 6.92 Å². The third kappa shape index (κ3) is 5.62. The van der Waals surface area contributed by atoms with Crippen LogP contribution in [0, 0.1) is 20.2 Å². The molecule has 0 aromatic heterocycles. The molecule has 1 unspecified atom stereocenters. The summed E-state index contributed by atoms with van der Waals surface area (Å²) in [5.74, 6) is 0. The molecule has 1 aromatic carbocycles.